The number of esters is 1. The zero-order valence-corrected chi connectivity index (χ0v) is 15.6. The fourth-order valence-electron chi connectivity index (χ4n) is 3.26. The lowest BCUT2D eigenvalue weighted by molar-refractivity contribution is -0.132. The molecule has 1 amide bonds. The molecule has 3 rings (SSSR count). The smallest absolute Gasteiger partial charge is 0.359 e. The van der Waals surface area contributed by atoms with E-state index in [9.17, 15) is 9.59 Å². The second kappa shape index (κ2) is 7.72. The third-order valence-corrected chi connectivity index (χ3v) is 4.46. The summed E-state index contributed by atoms with van der Waals surface area (Å²) in [5.74, 6) is -0.00928. The molecule has 0 bridgehead atoms. The number of nitrogens with zero attached hydrogens (tertiary/aromatic N) is 3. The van der Waals surface area contributed by atoms with Crippen LogP contribution in [0, 0.1) is 5.92 Å². The van der Waals surface area contributed by atoms with Gasteiger partial charge in [-0.05, 0) is 25.0 Å². The predicted octanol–water partition coefficient (Wildman–Crippen LogP) is 2.98. The fraction of sp³-hybridized carbons (Fsp3) is 0.450. The Bertz CT molecular complexity index is 796. The number of aromatic nitrogens is 2. The average Bonchev–Trinajstić information content (AvgIpc) is 3.01. The summed E-state index contributed by atoms with van der Waals surface area (Å²) in [6.45, 7) is 7.18. The molecule has 0 saturated carbocycles. The zero-order chi connectivity index (χ0) is 18.7. The van der Waals surface area contributed by atoms with Crippen molar-refractivity contribution in [3.05, 3.63) is 47.3 Å². The molecule has 0 spiro atoms. The number of rotatable bonds is 5. The van der Waals surface area contributed by atoms with Crippen molar-refractivity contribution in [2.45, 2.75) is 40.2 Å². The van der Waals surface area contributed by atoms with Gasteiger partial charge in [0.1, 0.15) is 0 Å². The van der Waals surface area contributed by atoms with E-state index in [1.165, 1.54) is 0 Å². The highest BCUT2D eigenvalue weighted by molar-refractivity contribution is 5.90. The number of fused-ring (bicyclic) bond motifs is 1. The molecule has 0 atom stereocenters. The van der Waals surface area contributed by atoms with Crippen LogP contribution in [0.25, 0.3) is 5.69 Å². The van der Waals surface area contributed by atoms with Crippen LogP contribution in [0.2, 0.25) is 0 Å². The standard InChI is InChI=1S/C20H25N3O3/c1-4-26-20(25)19-16-13-22(18(24)12-14(2)3)11-10-17(16)23(21-19)15-8-6-5-7-9-15/h5-9,14H,4,10-13H2,1-3H3. The number of amides is 1. The highest BCUT2D eigenvalue weighted by Gasteiger charge is 2.31. The molecule has 2 aromatic rings. The molecule has 1 aliphatic rings. The number of ether oxygens (including phenoxy) is 1. The Kier molecular flexibility index (Phi) is 5.40. The van der Waals surface area contributed by atoms with E-state index in [0.717, 1.165) is 16.9 Å². The summed E-state index contributed by atoms with van der Waals surface area (Å²) in [6, 6.07) is 9.73. The fourth-order valence-corrected chi connectivity index (χ4v) is 3.26. The molecule has 0 saturated heterocycles. The molecular formula is C20H25N3O3. The van der Waals surface area contributed by atoms with Crippen molar-refractivity contribution in [2.24, 2.45) is 5.92 Å². The number of carbonyl (C=O) groups excluding carboxylic acids is 2. The third-order valence-electron chi connectivity index (χ3n) is 4.46. The maximum atomic E-state index is 12.5. The van der Waals surface area contributed by atoms with E-state index in [-0.39, 0.29) is 5.91 Å². The van der Waals surface area contributed by atoms with Crippen LogP contribution < -0.4 is 0 Å². The normalized spacial score (nSPS) is 13.6. The molecule has 1 aliphatic heterocycles. The van der Waals surface area contributed by atoms with Crippen molar-refractivity contribution >= 4 is 11.9 Å². The van der Waals surface area contributed by atoms with Crippen LogP contribution in [-0.2, 0) is 22.5 Å². The maximum absolute atomic E-state index is 12.5. The number of carbonyl (C=O) groups is 2. The van der Waals surface area contributed by atoms with Gasteiger partial charge in [-0.15, -0.1) is 0 Å². The van der Waals surface area contributed by atoms with Crippen LogP contribution in [0.1, 0.15) is 48.9 Å². The van der Waals surface area contributed by atoms with Gasteiger partial charge in [-0.25, -0.2) is 9.48 Å². The van der Waals surface area contributed by atoms with Crippen LogP contribution in [0.3, 0.4) is 0 Å². The van der Waals surface area contributed by atoms with Crippen LogP contribution in [-0.4, -0.2) is 39.7 Å². The molecule has 6 nitrogen and oxygen atoms in total. The number of para-hydroxylation sites is 1. The summed E-state index contributed by atoms with van der Waals surface area (Å²) < 4.78 is 7.00. The van der Waals surface area contributed by atoms with Crippen molar-refractivity contribution < 1.29 is 14.3 Å². The predicted molar refractivity (Wildman–Crippen MR) is 98.1 cm³/mol. The zero-order valence-electron chi connectivity index (χ0n) is 15.6. The van der Waals surface area contributed by atoms with E-state index in [0.29, 0.717) is 44.1 Å². The highest BCUT2D eigenvalue weighted by atomic mass is 16.5. The van der Waals surface area contributed by atoms with Gasteiger partial charge in [0.05, 0.1) is 18.0 Å². The topological polar surface area (TPSA) is 64.4 Å². The van der Waals surface area contributed by atoms with Gasteiger partial charge in [0.2, 0.25) is 5.91 Å². The van der Waals surface area contributed by atoms with E-state index >= 15 is 0 Å². The minimum Gasteiger partial charge on any atom is -0.461 e. The molecular weight excluding hydrogens is 330 g/mol. The van der Waals surface area contributed by atoms with Crippen molar-refractivity contribution in [1.29, 1.82) is 0 Å². The molecule has 6 heteroatoms. The van der Waals surface area contributed by atoms with Gasteiger partial charge in [0, 0.05) is 31.5 Å². The molecule has 1 aromatic heterocycles. The molecule has 0 N–H and O–H groups in total. The second-order valence-electron chi connectivity index (χ2n) is 6.90. The molecule has 0 aliphatic carbocycles. The Labute approximate surface area is 153 Å². The van der Waals surface area contributed by atoms with E-state index in [2.05, 4.69) is 5.10 Å². The third kappa shape index (κ3) is 3.64. The Morgan fingerprint density at radius 1 is 1.23 bits per heavy atom. The van der Waals surface area contributed by atoms with Crippen LogP contribution in [0.15, 0.2) is 30.3 Å². The lowest BCUT2D eigenvalue weighted by Crippen LogP contribution is -2.37. The minimum atomic E-state index is -0.434. The molecule has 2 heterocycles. The summed E-state index contributed by atoms with van der Waals surface area (Å²) in [6.07, 6.45) is 1.18. The van der Waals surface area contributed by atoms with Crippen LogP contribution in [0.5, 0.6) is 0 Å². The monoisotopic (exact) mass is 355 g/mol. The first kappa shape index (κ1) is 18.2. The van der Waals surface area contributed by atoms with Crippen molar-refractivity contribution in [2.75, 3.05) is 13.2 Å². The first-order chi connectivity index (χ1) is 12.5. The second-order valence-corrected chi connectivity index (χ2v) is 6.90. The number of hydrogen-bond donors (Lipinski definition) is 0. The lowest BCUT2D eigenvalue weighted by atomic mass is 10.0. The van der Waals surface area contributed by atoms with E-state index in [1.807, 2.05) is 53.8 Å². The SMILES string of the molecule is CCOC(=O)c1nn(-c2ccccc2)c2c1CN(C(=O)CC(C)C)CC2. The van der Waals surface area contributed by atoms with Crippen LogP contribution >= 0.6 is 0 Å². The van der Waals surface area contributed by atoms with Crippen molar-refractivity contribution in [1.82, 2.24) is 14.7 Å². The van der Waals surface area contributed by atoms with E-state index in [1.54, 1.807) is 6.92 Å². The first-order valence-electron chi connectivity index (χ1n) is 9.12. The molecule has 138 valence electrons. The van der Waals surface area contributed by atoms with Gasteiger partial charge in [-0.3, -0.25) is 4.79 Å². The summed E-state index contributed by atoms with van der Waals surface area (Å²) in [5, 5.41) is 4.54. The lowest BCUT2D eigenvalue weighted by Gasteiger charge is -2.28. The summed E-state index contributed by atoms with van der Waals surface area (Å²) in [7, 11) is 0. The Morgan fingerprint density at radius 2 is 1.96 bits per heavy atom. The quantitative estimate of drug-likeness (QED) is 0.774. The Balaban J connectivity index is 1.98. The van der Waals surface area contributed by atoms with E-state index < -0.39 is 5.97 Å². The van der Waals surface area contributed by atoms with Gasteiger partial charge in [0.25, 0.3) is 0 Å². The molecule has 0 unspecified atom stereocenters. The van der Waals surface area contributed by atoms with Crippen molar-refractivity contribution in [3.8, 4) is 5.69 Å². The molecule has 1 aromatic carbocycles. The van der Waals surface area contributed by atoms with Gasteiger partial charge in [-0.1, -0.05) is 32.0 Å². The van der Waals surface area contributed by atoms with Crippen LogP contribution in [0.4, 0.5) is 0 Å². The number of hydrogen-bond acceptors (Lipinski definition) is 4. The summed E-state index contributed by atoms with van der Waals surface area (Å²) in [5.41, 5.74) is 3.00. The Morgan fingerprint density at radius 3 is 2.62 bits per heavy atom. The van der Waals surface area contributed by atoms with Gasteiger partial charge >= 0.3 is 5.97 Å². The molecule has 0 radical (unpaired) electrons. The largest absolute Gasteiger partial charge is 0.461 e. The molecule has 0 fully saturated rings. The Hall–Kier alpha value is -2.63. The minimum absolute atomic E-state index is 0.118. The maximum Gasteiger partial charge on any atom is 0.359 e. The summed E-state index contributed by atoms with van der Waals surface area (Å²) >= 11 is 0. The average molecular weight is 355 g/mol. The van der Waals surface area contributed by atoms with Gasteiger partial charge in [0.15, 0.2) is 5.69 Å². The number of benzene rings is 1. The van der Waals surface area contributed by atoms with E-state index in [4.69, 9.17) is 4.74 Å². The molecule has 26 heavy (non-hydrogen) atoms. The first-order valence-corrected chi connectivity index (χ1v) is 9.12. The van der Waals surface area contributed by atoms with Crippen molar-refractivity contribution in [3.63, 3.8) is 0 Å². The highest BCUT2D eigenvalue weighted by Crippen LogP contribution is 2.26. The van der Waals surface area contributed by atoms with Gasteiger partial charge < -0.3 is 9.64 Å². The summed E-state index contributed by atoms with van der Waals surface area (Å²) in [4.78, 5) is 26.7. The van der Waals surface area contributed by atoms with Gasteiger partial charge in [-0.2, -0.15) is 5.10 Å².